The van der Waals surface area contributed by atoms with Gasteiger partial charge in [0.15, 0.2) is 0 Å². The molecule has 0 unspecified atom stereocenters. The summed E-state index contributed by atoms with van der Waals surface area (Å²) in [6.07, 6.45) is 1.24. The van der Waals surface area contributed by atoms with Crippen LogP contribution in [0.25, 0.3) is 10.9 Å². The second-order valence-corrected chi connectivity index (χ2v) is 7.48. The first kappa shape index (κ1) is 15.8. The number of hydrogen-bond donors (Lipinski definition) is 1. The van der Waals surface area contributed by atoms with E-state index in [0.717, 1.165) is 6.07 Å². The fourth-order valence-electron chi connectivity index (χ4n) is 2.08. The molecule has 1 heterocycles. The zero-order valence-corrected chi connectivity index (χ0v) is 13.0. The van der Waals surface area contributed by atoms with E-state index in [4.69, 9.17) is 10.7 Å². The molecule has 0 fully saturated rings. The van der Waals surface area contributed by atoms with Gasteiger partial charge in [0.05, 0.1) is 5.52 Å². The fraction of sp³-hybridized carbons (Fsp3) is 0.308. The number of aromatic nitrogens is 1. The van der Waals surface area contributed by atoms with E-state index < -0.39 is 14.9 Å². The van der Waals surface area contributed by atoms with Gasteiger partial charge < -0.3 is 9.88 Å². The lowest BCUT2D eigenvalue weighted by Crippen LogP contribution is -2.32. The van der Waals surface area contributed by atoms with Gasteiger partial charge in [-0.2, -0.15) is 0 Å². The largest absolute Gasteiger partial charge is 0.352 e. The normalized spacial score (nSPS) is 12.0. The molecule has 0 aliphatic carbocycles. The summed E-state index contributed by atoms with van der Waals surface area (Å²) in [6, 6.07) is 3.66. The molecule has 114 valence electrons. The average Bonchev–Trinajstić information content (AvgIpc) is 2.65. The van der Waals surface area contributed by atoms with Crippen LogP contribution in [0.2, 0.25) is 0 Å². The van der Waals surface area contributed by atoms with Crippen molar-refractivity contribution < 1.29 is 17.6 Å². The Balaban J connectivity index is 2.53. The van der Waals surface area contributed by atoms with Crippen molar-refractivity contribution in [2.24, 2.45) is 0 Å². The molecule has 0 saturated carbocycles. The minimum Gasteiger partial charge on any atom is -0.352 e. The van der Waals surface area contributed by atoms with Gasteiger partial charge in [0, 0.05) is 28.3 Å². The van der Waals surface area contributed by atoms with Gasteiger partial charge in [0.2, 0.25) is 5.91 Å². The molecule has 1 aromatic carbocycles. The van der Waals surface area contributed by atoms with Crippen LogP contribution in [0.4, 0.5) is 4.39 Å². The van der Waals surface area contributed by atoms with Crippen LogP contribution in [-0.4, -0.2) is 24.9 Å². The Bertz CT molecular complexity index is 799. The van der Waals surface area contributed by atoms with Crippen LogP contribution in [0.1, 0.15) is 13.8 Å². The lowest BCUT2D eigenvalue weighted by atomic mass is 10.2. The summed E-state index contributed by atoms with van der Waals surface area (Å²) in [5, 5.41) is 2.85. The van der Waals surface area contributed by atoms with E-state index in [1.165, 1.54) is 22.9 Å². The number of fused-ring (bicyclic) bond motifs is 1. The number of rotatable bonds is 4. The number of amides is 1. The third-order valence-corrected chi connectivity index (χ3v) is 4.18. The smallest absolute Gasteiger partial charge is 0.263 e. The molecule has 0 spiro atoms. The molecule has 2 aromatic rings. The molecule has 5 nitrogen and oxygen atoms in total. The van der Waals surface area contributed by atoms with Gasteiger partial charge in [-0.25, -0.2) is 12.8 Å². The lowest BCUT2D eigenvalue weighted by molar-refractivity contribution is -0.122. The van der Waals surface area contributed by atoms with Crippen LogP contribution in [0.3, 0.4) is 0 Å². The summed E-state index contributed by atoms with van der Waals surface area (Å²) in [7, 11) is 1.33. The highest BCUT2D eigenvalue weighted by molar-refractivity contribution is 8.14. The van der Waals surface area contributed by atoms with Crippen molar-refractivity contribution in [1.82, 2.24) is 9.88 Å². The number of hydrogen-bond acceptors (Lipinski definition) is 3. The number of carbonyl (C=O) groups is 1. The lowest BCUT2D eigenvalue weighted by Gasteiger charge is -2.09. The van der Waals surface area contributed by atoms with Crippen LogP contribution in [0.5, 0.6) is 0 Å². The maximum atomic E-state index is 13.3. The number of nitrogens with zero attached hydrogens (tertiary/aromatic N) is 1. The monoisotopic (exact) mass is 332 g/mol. The number of halogens is 2. The quantitative estimate of drug-likeness (QED) is 0.873. The third-order valence-electron chi connectivity index (χ3n) is 2.83. The maximum absolute atomic E-state index is 13.3. The number of nitrogens with one attached hydrogen (secondary N) is 1. The molecule has 1 amide bonds. The molecule has 0 atom stereocenters. The first-order valence-electron chi connectivity index (χ1n) is 6.21. The minimum atomic E-state index is -4.03. The van der Waals surface area contributed by atoms with E-state index in [1.54, 1.807) is 0 Å². The predicted molar refractivity (Wildman–Crippen MR) is 78.2 cm³/mol. The van der Waals surface area contributed by atoms with Gasteiger partial charge in [0.1, 0.15) is 17.3 Å². The first-order valence-corrected chi connectivity index (χ1v) is 8.52. The van der Waals surface area contributed by atoms with E-state index >= 15 is 0 Å². The maximum Gasteiger partial charge on any atom is 0.263 e. The summed E-state index contributed by atoms with van der Waals surface area (Å²) in [4.78, 5) is 11.6. The van der Waals surface area contributed by atoms with Crippen molar-refractivity contribution in [1.29, 1.82) is 0 Å². The summed E-state index contributed by atoms with van der Waals surface area (Å²) < 4.78 is 37.9. The molecule has 21 heavy (non-hydrogen) atoms. The SMILES string of the molecule is CC(C)NC(=O)Cn1cc(S(=O)(=O)Cl)c2cc(F)ccc21. The van der Waals surface area contributed by atoms with E-state index in [0.29, 0.717) is 5.52 Å². The van der Waals surface area contributed by atoms with Crippen molar-refractivity contribution in [3.05, 3.63) is 30.2 Å². The van der Waals surface area contributed by atoms with Crippen molar-refractivity contribution in [3.63, 3.8) is 0 Å². The number of carbonyl (C=O) groups excluding carboxylic acids is 1. The van der Waals surface area contributed by atoms with Gasteiger partial charge in [-0.3, -0.25) is 4.79 Å². The van der Waals surface area contributed by atoms with Crippen molar-refractivity contribution in [2.45, 2.75) is 31.3 Å². The Kier molecular flexibility index (Phi) is 4.25. The Hall–Kier alpha value is -1.60. The van der Waals surface area contributed by atoms with Crippen LogP contribution in [0.15, 0.2) is 29.3 Å². The van der Waals surface area contributed by atoms with Gasteiger partial charge in [-0.15, -0.1) is 0 Å². The van der Waals surface area contributed by atoms with Crippen LogP contribution >= 0.6 is 10.7 Å². The van der Waals surface area contributed by atoms with Crippen molar-refractivity contribution in [2.75, 3.05) is 0 Å². The summed E-state index contributed by atoms with van der Waals surface area (Å²) in [5.74, 6) is -0.849. The van der Waals surface area contributed by atoms with Crippen LogP contribution in [-0.2, 0) is 20.4 Å². The minimum absolute atomic E-state index is 0.0343. The van der Waals surface area contributed by atoms with Crippen LogP contribution < -0.4 is 5.32 Å². The van der Waals surface area contributed by atoms with Crippen molar-refractivity contribution in [3.8, 4) is 0 Å². The summed E-state index contributed by atoms with van der Waals surface area (Å²) >= 11 is 0. The zero-order valence-electron chi connectivity index (χ0n) is 11.4. The Morgan fingerprint density at radius 1 is 1.43 bits per heavy atom. The highest BCUT2D eigenvalue weighted by Crippen LogP contribution is 2.28. The van der Waals surface area contributed by atoms with Gasteiger partial charge >= 0.3 is 0 Å². The van der Waals surface area contributed by atoms with Crippen molar-refractivity contribution >= 4 is 36.5 Å². The topological polar surface area (TPSA) is 68.2 Å². The van der Waals surface area contributed by atoms with E-state index in [1.807, 2.05) is 13.8 Å². The molecular weight excluding hydrogens is 319 g/mol. The van der Waals surface area contributed by atoms with E-state index in [9.17, 15) is 17.6 Å². The Morgan fingerprint density at radius 3 is 2.67 bits per heavy atom. The molecule has 8 heteroatoms. The first-order chi connectivity index (χ1) is 9.68. The predicted octanol–water partition coefficient (Wildman–Crippen LogP) is 2.23. The Labute approximate surface area is 126 Å². The average molecular weight is 333 g/mol. The summed E-state index contributed by atoms with van der Waals surface area (Å²) in [6.45, 7) is 3.55. The molecule has 0 aliphatic heterocycles. The zero-order chi connectivity index (χ0) is 15.8. The molecule has 2 rings (SSSR count). The Morgan fingerprint density at radius 2 is 2.10 bits per heavy atom. The highest BCUT2D eigenvalue weighted by atomic mass is 35.7. The molecule has 0 aliphatic rings. The molecular formula is C13H14ClFN2O3S. The summed E-state index contributed by atoms with van der Waals surface area (Å²) in [5.41, 5.74) is 0.425. The fourth-order valence-corrected chi connectivity index (χ4v) is 3.13. The van der Waals surface area contributed by atoms with E-state index in [2.05, 4.69) is 5.32 Å². The van der Waals surface area contributed by atoms with E-state index in [-0.39, 0.29) is 28.8 Å². The highest BCUT2D eigenvalue weighted by Gasteiger charge is 2.20. The molecule has 0 radical (unpaired) electrons. The number of benzene rings is 1. The molecule has 0 saturated heterocycles. The van der Waals surface area contributed by atoms with Crippen LogP contribution in [0, 0.1) is 5.82 Å². The standard InChI is InChI=1S/C13H14ClFN2O3S/c1-8(2)16-13(18)7-17-6-12(21(14,19)20)10-5-9(15)3-4-11(10)17/h3-6,8H,7H2,1-2H3,(H,16,18). The molecule has 1 N–H and O–H groups in total. The van der Waals surface area contributed by atoms with Gasteiger partial charge in [0.25, 0.3) is 9.05 Å². The van der Waals surface area contributed by atoms with Gasteiger partial charge in [-0.05, 0) is 32.0 Å². The second-order valence-electron chi connectivity index (χ2n) is 4.94. The third kappa shape index (κ3) is 3.54. The molecule has 1 aromatic heterocycles. The van der Waals surface area contributed by atoms with Gasteiger partial charge in [-0.1, -0.05) is 0 Å². The second kappa shape index (κ2) is 5.65. The molecule has 0 bridgehead atoms.